The van der Waals surface area contributed by atoms with Crippen molar-refractivity contribution in [1.82, 2.24) is 58.2 Å². The molecule has 0 aliphatic carbocycles. The average molecular weight is 1480 g/mol. The molecule has 11 amide bonds. The lowest BCUT2D eigenvalue weighted by atomic mass is 9.97. The molecule has 1 saturated heterocycles. The number of nitrogens with two attached hydrogens (primary N) is 3. The van der Waals surface area contributed by atoms with Crippen LogP contribution in [0.25, 0.3) is 10.9 Å². The Hall–Kier alpha value is -8.41. The molecule has 1 fully saturated rings. The summed E-state index contributed by atoms with van der Waals surface area (Å²) in [6.45, 7) is 5.99. The second kappa shape index (κ2) is 45.0. The number of aromatic amines is 1. The summed E-state index contributed by atoms with van der Waals surface area (Å²) in [5, 5.41) is 79.4. The third-order valence-corrected chi connectivity index (χ3v) is 19.0. The predicted octanol–water partition coefficient (Wildman–Crippen LogP) is -0.364. The minimum Gasteiger partial charge on any atom is -0.508 e. The van der Waals surface area contributed by atoms with Gasteiger partial charge in [0, 0.05) is 55.3 Å². The van der Waals surface area contributed by atoms with Gasteiger partial charge in [0.2, 0.25) is 65.0 Å². The summed E-state index contributed by atoms with van der Waals surface area (Å²) in [4.78, 5) is 156. The maximum absolute atomic E-state index is 15.3. The first-order valence-corrected chi connectivity index (χ1v) is 37.1. The van der Waals surface area contributed by atoms with Gasteiger partial charge in [-0.2, -0.15) is 0 Å². The molecule has 0 radical (unpaired) electrons. The van der Waals surface area contributed by atoms with E-state index in [0.717, 1.165) is 56.1 Å². The van der Waals surface area contributed by atoms with Gasteiger partial charge in [-0.3, -0.25) is 52.7 Å². The number of thioether (sulfide) groups is 2. The molecule has 1 aliphatic heterocycles. The number of hydrogen-bond donors (Lipinski definition) is 19. The molecule has 0 bridgehead atoms. The van der Waals surface area contributed by atoms with E-state index in [9.17, 15) is 63.9 Å². The molecule has 2 heterocycles. The van der Waals surface area contributed by atoms with E-state index in [2.05, 4.69) is 65.1 Å². The van der Waals surface area contributed by atoms with Gasteiger partial charge >= 0.3 is 0 Å². The third kappa shape index (κ3) is 29.0. The maximum Gasteiger partial charge on any atom is 0.249 e. The normalized spacial score (nSPS) is 18.3. The van der Waals surface area contributed by atoms with Gasteiger partial charge in [0.1, 0.15) is 66.4 Å². The topological polar surface area (TPSA) is 512 Å². The highest BCUT2D eigenvalue weighted by atomic mass is 32.2. The first-order chi connectivity index (χ1) is 49.2. The number of amides is 11. The van der Waals surface area contributed by atoms with Gasteiger partial charge in [0.05, 0.1) is 23.9 Å². The summed E-state index contributed by atoms with van der Waals surface area (Å²) >= 11 is 2.01. The Bertz CT molecular complexity index is 3390. The summed E-state index contributed by atoms with van der Waals surface area (Å²) in [5.74, 6) is -10.4. The number of aromatic hydroxyl groups is 1. The van der Waals surface area contributed by atoms with Crippen molar-refractivity contribution in [3.63, 3.8) is 0 Å². The molecule has 1 aliphatic rings. The molecule has 0 saturated carbocycles. The molecule has 568 valence electrons. The molecule has 22 N–H and O–H groups in total. The van der Waals surface area contributed by atoms with Crippen LogP contribution in [-0.4, -0.2) is 204 Å². The second-order valence-electron chi connectivity index (χ2n) is 25.5. The van der Waals surface area contributed by atoms with Crippen LogP contribution >= 0.6 is 23.5 Å². The monoisotopic (exact) mass is 1480 g/mol. The number of carbonyl (C=O) groups excluding carboxylic acids is 11. The highest BCUT2D eigenvalue weighted by Crippen LogP contribution is 2.24. The Morgan fingerprint density at radius 3 is 1.63 bits per heavy atom. The predicted molar refractivity (Wildman–Crippen MR) is 388 cm³/mol. The number of phenols is 1. The molecule has 4 aromatic rings. The van der Waals surface area contributed by atoms with Crippen molar-refractivity contribution in [3.05, 3.63) is 102 Å². The number of benzene rings is 3. The van der Waals surface area contributed by atoms with E-state index in [-0.39, 0.29) is 72.7 Å². The zero-order valence-electron chi connectivity index (χ0n) is 58.7. The van der Waals surface area contributed by atoms with Gasteiger partial charge < -0.3 is 106 Å². The van der Waals surface area contributed by atoms with Gasteiger partial charge in [0.15, 0.2) is 12.3 Å². The molecule has 3 aromatic carbocycles. The zero-order valence-corrected chi connectivity index (χ0v) is 60.3. The number of aliphatic hydroxyl groups is 4. The second-order valence-corrected chi connectivity index (χ2v) is 27.6. The SMILES string of the molecule is CCCCCCCCCCCCC(N)C(=O)N[C@H](Cc1ccccc1)C(=O)N[C@@H](CSCNC(C)=O)C(=O)NC(C(=O)N[C@@H](Cc1c[nH]c2ccccc12)C(=O)N[C@@H](CCCCN)C(=O)N[C@@H](CSCNC(C)=O)C(=O)N[C@H](C(=O)NC1OC(C(N)=O)C(O)C(O)C1O)[C@@H](C)O)c1ccc(O)cc1. The minimum absolute atomic E-state index is 0.00994. The standard InChI is InChI=1S/C70H104N14O17S2/c1-5-6-7-8-9-10-11-12-13-17-25-48(72)62(93)78-51(33-43-22-15-14-16-23-43)64(95)81-54(37-103-39-76-42(4)87)67(98)83-56(44-28-30-46(88)31-29-44)69(100)79-52(34-45-35-74-49-26-19-18-24-47(45)49)65(96)77-50(27-20-21-32-71)63(94)80-53(36-102-38-75-41(3)86)66(97)82-55(40(2)85)68(99)84-70-59(91)57(89)58(90)60(101-70)61(73)92/h14-16,18-19,22-24,26,28-31,35,40,48,50-60,70,74,85,88-91H,5-13,17,20-21,25,27,32-34,36-39,71-72H2,1-4H3,(H2,73,92)(H,75,86)(H,76,87)(H,77,96)(H,78,93)(H,79,100)(H,80,94)(H,81,95)(H,82,97)(H,83,98)(H,84,99)/t40-,48?,50+,51-,52+,53+,54+,55+,56?,57?,58?,59?,60?,70?/m1/s1. The van der Waals surface area contributed by atoms with Gasteiger partial charge in [-0.25, -0.2) is 0 Å². The highest BCUT2D eigenvalue weighted by molar-refractivity contribution is 7.99. The van der Waals surface area contributed by atoms with Crippen molar-refractivity contribution in [1.29, 1.82) is 0 Å². The summed E-state index contributed by atoms with van der Waals surface area (Å²) < 4.78 is 5.28. The number of unbranched alkanes of at least 4 members (excludes halogenated alkanes) is 10. The van der Waals surface area contributed by atoms with Crippen molar-refractivity contribution >= 4 is 99.4 Å². The van der Waals surface area contributed by atoms with Crippen LogP contribution in [0, 0.1) is 0 Å². The highest BCUT2D eigenvalue weighted by Gasteiger charge is 2.48. The van der Waals surface area contributed by atoms with Crippen LogP contribution < -0.4 is 70.4 Å². The fourth-order valence-electron chi connectivity index (χ4n) is 11.2. The van der Waals surface area contributed by atoms with Gasteiger partial charge in [0.25, 0.3) is 0 Å². The van der Waals surface area contributed by atoms with E-state index < -0.39 is 144 Å². The van der Waals surface area contributed by atoms with Crippen molar-refractivity contribution < 1.29 is 83.0 Å². The molecule has 33 heteroatoms. The Kier molecular flexibility index (Phi) is 37.2. The smallest absolute Gasteiger partial charge is 0.249 e. The zero-order chi connectivity index (χ0) is 75.5. The van der Waals surface area contributed by atoms with E-state index in [1.54, 1.807) is 60.8 Å². The van der Waals surface area contributed by atoms with E-state index >= 15 is 14.4 Å². The van der Waals surface area contributed by atoms with Gasteiger partial charge in [-0.05, 0) is 74.0 Å². The Morgan fingerprint density at radius 1 is 0.553 bits per heavy atom. The fraction of sp³-hybridized carbons (Fsp3) is 0.557. The summed E-state index contributed by atoms with van der Waals surface area (Å²) in [6, 6.07) is 9.10. The molecule has 14 atom stereocenters. The van der Waals surface area contributed by atoms with Crippen LogP contribution in [0.3, 0.4) is 0 Å². The number of H-pyrrole nitrogens is 1. The summed E-state index contributed by atoms with van der Waals surface area (Å²) in [7, 11) is 0. The lowest BCUT2D eigenvalue weighted by molar-refractivity contribution is -0.226. The number of aliphatic hydroxyl groups excluding tert-OH is 4. The van der Waals surface area contributed by atoms with Crippen molar-refractivity contribution in [2.45, 2.75) is 216 Å². The van der Waals surface area contributed by atoms with Crippen LogP contribution in [0.5, 0.6) is 5.75 Å². The van der Waals surface area contributed by atoms with E-state index in [0.29, 0.717) is 41.3 Å². The number of hydrogen-bond acceptors (Lipinski definition) is 21. The number of fused-ring (bicyclic) bond motifs is 1. The average Bonchev–Trinajstić information content (AvgIpc) is 1.80. The molecular formula is C70H104N14O17S2. The van der Waals surface area contributed by atoms with Crippen molar-refractivity contribution in [3.8, 4) is 5.75 Å². The van der Waals surface area contributed by atoms with Crippen LogP contribution in [0.15, 0.2) is 85.1 Å². The number of aromatic nitrogens is 1. The number of para-hydroxylation sites is 1. The molecule has 7 unspecified atom stereocenters. The number of rotatable bonds is 46. The number of phenolic OH excluding ortho intramolecular Hbond substituents is 1. The molecule has 5 rings (SSSR count). The number of nitrogens with one attached hydrogen (secondary N) is 11. The van der Waals surface area contributed by atoms with Crippen LogP contribution in [0.2, 0.25) is 0 Å². The first kappa shape index (κ1) is 85.2. The van der Waals surface area contributed by atoms with Crippen LogP contribution in [0.4, 0.5) is 0 Å². The molecule has 0 spiro atoms. The van der Waals surface area contributed by atoms with E-state index in [1.807, 2.05) is 0 Å². The van der Waals surface area contributed by atoms with Crippen molar-refractivity contribution in [2.24, 2.45) is 17.2 Å². The van der Waals surface area contributed by atoms with Gasteiger partial charge in [-0.1, -0.05) is 132 Å². The Labute approximate surface area is 607 Å². The number of ether oxygens (including phenoxy) is 1. The molecule has 31 nitrogen and oxygen atoms in total. The third-order valence-electron chi connectivity index (χ3n) is 17.1. The van der Waals surface area contributed by atoms with Crippen LogP contribution in [-0.2, 0) is 70.3 Å². The number of primary amides is 1. The Balaban J connectivity index is 1.45. The lowest BCUT2D eigenvalue weighted by Gasteiger charge is -2.40. The van der Waals surface area contributed by atoms with Gasteiger partial charge in [-0.15, -0.1) is 23.5 Å². The number of carbonyl (C=O) groups is 11. The minimum atomic E-state index is -2.05. The quantitative estimate of drug-likeness (QED) is 0.0198. The van der Waals surface area contributed by atoms with E-state index in [4.69, 9.17) is 21.9 Å². The maximum atomic E-state index is 15.3. The summed E-state index contributed by atoms with van der Waals surface area (Å²) in [6.07, 6.45) is 1.35. The summed E-state index contributed by atoms with van der Waals surface area (Å²) in [5.41, 5.74) is 19.6. The fourth-order valence-corrected chi connectivity index (χ4v) is 13.0. The molecule has 103 heavy (non-hydrogen) atoms. The molecule has 1 aromatic heterocycles. The first-order valence-electron chi connectivity index (χ1n) is 34.8. The Morgan fingerprint density at radius 2 is 1.06 bits per heavy atom. The van der Waals surface area contributed by atoms with Crippen molar-refractivity contribution in [2.75, 3.05) is 29.8 Å². The van der Waals surface area contributed by atoms with E-state index in [1.165, 1.54) is 70.2 Å². The van der Waals surface area contributed by atoms with Crippen LogP contribution in [0.1, 0.15) is 140 Å². The largest absolute Gasteiger partial charge is 0.508 e. The lowest BCUT2D eigenvalue weighted by Crippen LogP contribution is -2.67. The molecular weight excluding hydrogens is 1370 g/mol.